The summed E-state index contributed by atoms with van der Waals surface area (Å²) in [5, 5.41) is 3.39. The summed E-state index contributed by atoms with van der Waals surface area (Å²) in [7, 11) is 0. The van der Waals surface area contributed by atoms with Crippen LogP contribution < -0.4 is 15.8 Å². The first kappa shape index (κ1) is 16.7. The molecule has 0 heterocycles. The van der Waals surface area contributed by atoms with Crippen LogP contribution in [0.5, 0.6) is 5.75 Å². The maximum atomic E-state index is 11.8. The highest BCUT2D eigenvalue weighted by Gasteiger charge is 2.13. The summed E-state index contributed by atoms with van der Waals surface area (Å²) in [4.78, 5) is 12.3. The lowest BCUT2D eigenvalue weighted by molar-refractivity contribution is -0.127. The molecule has 20 heavy (non-hydrogen) atoms. The van der Waals surface area contributed by atoms with Crippen LogP contribution in [0.2, 0.25) is 5.02 Å². The number of nitrogens with two attached hydrogens (primary N) is 1. The van der Waals surface area contributed by atoms with Crippen molar-refractivity contribution in [3.63, 3.8) is 0 Å². The summed E-state index contributed by atoms with van der Waals surface area (Å²) in [5.41, 5.74) is 5.39. The number of hydrogen-bond acceptors (Lipinski definition) is 3. The van der Waals surface area contributed by atoms with Crippen LogP contribution in [0.3, 0.4) is 0 Å². The molecule has 6 heteroatoms. The van der Waals surface area contributed by atoms with E-state index < -0.39 is 6.10 Å². The van der Waals surface area contributed by atoms with Gasteiger partial charge in [-0.2, -0.15) is 0 Å². The van der Waals surface area contributed by atoms with Crippen LogP contribution in [0.4, 0.5) is 0 Å². The van der Waals surface area contributed by atoms with Crippen LogP contribution in [0.1, 0.15) is 26.2 Å². The average Bonchev–Trinajstić information content (AvgIpc) is 2.37. The van der Waals surface area contributed by atoms with Crippen LogP contribution in [0.15, 0.2) is 24.3 Å². The number of ether oxygens (including phenoxy) is 1. The fraction of sp³-hybridized carbons (Fsp3) is 0.429. The van der Waals surface area contributed by atoms with Crippen molar-refractivity contribution in [1.29, 1.82) is 0 Å². The van der Waals surface area contributed by atoms with Crippen LogP contribution in [-0.2, 0) is 4.79 Å². The lowest BCUT2D eigenvalue weighted by Crippen LogP contribution is -2.36. The molecule has 0 saturated carbocycles. The lowest BCUT2D eigenvalue weighted by atomic mass is 10.2. The maximum absolute atomic E-state index is 11.8. The van der Waals surface area contributed by atoms with E-state index in [1.54, 1.807) is 31.2 Å². The summed E-state index contributed by atoms with van der Waals surface area (Å²) in [6.45, 7) is 2.29. The van der Waals surface area contributed by atoms with Crippen LogP contribution in [0.25, 0.3) is 0 Å². The van der Waals surface area contributed by atoms with Crippen LogP contribution in [0, 0.1) is 0 Å². The Kier molecular flexibility index (Phi) is 7.33. The van der Waals surface area contributed by atoms with Gasteiger partial charge in [0.2, 0.25) is 0 Å². The van der Waals surface area contributed by atoms with E-state index in [1.165, 1.54) is 0 Å². The van der Waals surface area contributed by atoms with Crippen molar-refractivity contribution in [2.45, 2.75) is 32.3 Å². The molecule has 0 saturated heterocycles. The van der Waals surface area contributed by atoms with Crippen molar-refractivity contribution in [1.82, 2.24) is 5.32 Å². The third-order valence-corrected chi connectivity index (χ3v) is 3.07. The number of benzene rings is 1. The molecule has 0 bridgehead atoms. The third kappa shape index (κ3) is 6.73. The molecule has 1 atom stereocenters. The lowest BCUT2D eigenvalue weighted by Gasteiger charge is -2.14. The molecule has 0 radical (unpaired) electrons. The minimum absolute atomic E-state index is 0.152. The first-order valence-electron chi connectivity index (χ1n) is 6.47. The van der Waals surface area contributed by atoms with E-state index in [1.807, 2.05) is 0 Å². The molecule has 0 aromatic heterocycles. The molecular formula is C14H19ClN2O2S. The van der Waals surface area contributed by atoms with Crippen molar-refractivity contribution < 1.29 is 9.53 Å². The Morgan fingerprint density at radius 3 is 2.90 bits per heavy atom. The highest BCUT2D eigenvalue weighted by atomic mass is 35.5. The number of halogens is 1. The molecule has 110 valence electrons. The topological polar surface area (TPSA) is 64.3 Å². The first-order chi connectivity index (χ1) is 9.49. The summed E-state index contributed by atoms with van der Waals surface area (Å²) in [5.74, 6) is 0.425. The highest BCUT2D eigenvalue weighted by Crippen LogP contribution is 2.18. The molecule has 0 aliphatic carbocycles. The third-order valence-electron chi connectivity index (χ3n) is 2.63. The predicted octanol–water partition coefficient (Wildman–Crippen LogP) is 2.68. The standard InChI is InChI=1S/C14H19ClN2O2S/c1-10(19-12-6-4-5-11(15)9-12)14(18)17-8-3-2-7-13(16)20/h4-6,9-10H,2-3,7-8H2,1H3,(H2,16,20)(H,17,18). The van der Waals surface area contributed by atoms with Crippen LogP contribution >= 0.6 is 23.8 Å². The van der Waals surface area contributed by atoms with Crippen molar-refractivity contribution in [2.75, 3.05) is 6.54 Å². The van der Waals surface area contributed by atoms with E-state index in [4.69, 9.17) is 34.3 Å². The fourth-order valence-electron chi connectivity index (χ4n) is 1.58. The van der Waals surface area contributed by atoms with Gasteiger partial charge in [-0.05, 0) is 44.4 Å². The molecule has 1 amide bonds. The smallest absolute Gasteiger partial charge is 0.260 e. The van der Waals surface area contributed by atoms with E-state index in [9.17, 15) is 4.79 Å². The normalized spacial score (nSPS) is 11.7. The van der Waals surface area contributed by atoms with Gasteiger partial charge in [-0.3, -0.25) is 4.79 Å². The number of carbonyl (C=O) groups is 1. The van der Waals surface area contributed by atoms with Crippen LogP contribution in [-0.4, -0.2) is 23.5 Å². The van der Waals surface area contributed by atoms with Gasteiger partial charge in [0, 0.05) is 11.6 Å². The van der Waals surface area contributed by atoms with Gasteiger partial charge in [0.25, 0.3) is 5.91 Å². The molecule has 1 rings (SSSR count). The van der Waals surface area contributed by atoms with Gasteiger partial charge in [0.1, 0.15) is 5.75 Å². The molecule has 4 nitrogen and oxygen atoms in total. The van der Waals surface area contributed by atoms with Crippen molar-refractivity contribution in [3.05, 3.63) is 29.3 Å². The first-order valence-corrected chi connectivity index (χ1v) is 7.26. The van der Waals surface area contributed by atoms with Gasteiger partial charge in [-0.25, -0.2) is 0 Å². The SMILES string of the molecule is CC(Oc1cccc(Cl)c1)C(=O)NCCCCC(N)=S. The molecule has 1 aromatic carbocycles. The van der Waals surface area contributed by atoms with E-state index in [-0.39, 0.29) is 5.91 Å². The van der Waals surface area contributed by atoms with E-state index >= 15 is 0 Å². The number of nitrogens with one attached hydrogen (secondary N) is 1. The predicted molar refractivity (Wildman–Crippen MR) is 85.2 cm³/mol. The Labute approximate surface area is 129 Å². The number of unbranched alkanes of at least 4 members (excludes halogenated alkanes) is 1. The van der Waals surface area contributed by atoms with Gasteiger partial charge in [0.05, 0.1) is 4.99 Å². The molecule has 0 fully saturated rings. The zero-order valence-electron chi connectivity index (χ0n) is 11.4. The second-order valence-corrected chi connectivity index (χ2v) is 5.39. The molecule has 1 unspecified atom stereocenters. The van der Waals surface area contributed by atoms with E-state index in [0.29, 0.717) is 28.7 Å². The Hall–Kier alpha value is -1.33. The molecule has 0 aliphatic heterocycles. The summed E-state index contributed by atoms with van der Waals surface area (Å²) < 4.78 is 5.51. The molecular weight excluding hydrogens is 296 g/mol. The fourth-order valence-corrected chi connectivity index (χ4v) is 1.90. The van der Waals surface area contributed by atoms with Gasteiger partial charge in [-0.1, -0.05) is 29.9 Å². The largest absolute Gasteiger partial charge is 0.481 e. The second kappa shape index (κ2) is 8.76. The molecule has 0 spiro atoms. The monoisotopic (exact) mass is 314 g/mol. The number of hydrogen-bond donors (Lipinski definition) is 2. The number of amides is 1. The molecule has 3 N–H and O–H groups in total. The average molecular weight is 315 g/mol. The summed E-state index contributed by atoms with van der Waals surface area (Å²) in [6.07, 6.45) is 1.86. The number of rotatable bonds is 8. The zero-order chi connectivity index (χ0) is 15.0. The second-order valence-electron chi connectivity index (χ2n) is 4.43. The Balaban J connectivity index is 2.27. The van der Waals surface area contributed by atoms with Crippen molar-refractivity contribution in [2.24, 2.45) is 5.73 Å². The Morgan fingerprint density at radius 1 is 1.50 bits per heavy atom. The molecule has 1 aromatic rings. The zero-order valence-corrected chi connectivity index (χ0v) is 13.0. The van der Waals surface area contributed by atoms with E-state index in [2.05, 4.69) is 5.32 Å². The summed E-state index contributed by atoms with van der Waals surface area (Å²) >= 11 is 10.6. The Morgan fingerprint density at radius 2 is 2.25 bits per heavy atom. The summed E-state index contributed by atoms with van der Waals surface area (Å²) in [6, 6.07) is 6.96. The van der Waals surface area contributed by atoms with Crippen molar-refractivity contribution in [3.8, 4) is 5.75 Å². The number of carbonyl (C=O) groups excluding carboxylic acids is 1. The quantitative estimate of drug-likeness (QED) is 0.572. The highest BCUT2D eigenvalue weighted by molar-refractivity contribution is 7.80. The van der Waals surface area contributed by atoms with Gasteiger partial charge < -0.3 is 15.8 Å². The minimum atomic E-state index is -0.566. The van der Waals surface area contributed by atoms with E-state index in [0.717, 1.165) is 12.8 Å². The molecule has 0 aliphatic rings. The maximum Gasteiger partial charge on any atom is 0.260 e. The van der Waals surface area contributed by atoms with Gasteiger partial charge in [-0.15, -0.1) is 0 Å². The Bertz CT molecular complexity index is 468. The number of thiocarbonyl (C=S) groups is 1. The van der Waals surface area contributed by atoms with Gasteiger partial charge in [0.15, 0.2) is 6.10 Å². The van der Waals surface area contributed by atoms with Crippen molar-refractivity contribution >= 4 is 34.7 Å². The van der Waals surface area contributed by atoms with Gasteiger partial charge >= 0.3 is 0 Å². The minimum Gasteiger partial charge on any atom is -0.481 e.